The summed E-state index contributed by atoms with van der Waals surface area (Å²) in [4.78, 5) is 11.2. The fraction of sp³-hybridized carbons (Fsp3) is 0.917. The van der Waals surface area contributed by atoms with Crippen LogP contribution in [0.1, 0.15) is 52.4 Å². The van der Waals surface area contributed by atoms with Crippen molar-refractivity contribution >= 4 is 5.91 Å². The molecule has 0 aromatic heterocycles. The third kappa shape index (κ3) is 1.79. The number of carbonyl (C=O) groups excluding carboxylic acids is 1. The van der Waals surface area contributed by atoms with E-state index in [2.05, 4.69) is 19.2 Å². The maximum absolute atomic E-state index is 11.2. The Hall–Kier alpha value is -0.530. The molecule has 80 valence electrons. The summed E-state index contributed by atoms with van der Waals surface area (Å²) in [5.74, 6) is 1.97. The van der Waals surface area contributed by atoms with Gasteiger partial charge in [0.05, 0.1) is 0 Å². The second-order valence-electron chi connectivity index (χ2n) is 5.41. The van der Waals surface area contributed by atoms with E-state index < -0.39 is 0 Å². The molecule has 14 heavy (non-hydrogen) atoms. The summed E-state index contributed by atoms with van der Waals surface area (Å²) in [5, 5.41) is 3.19. The molecule has 1 spiro atoms. The van der Waals surface area contributed by atoms with Gasteiger partial charge in [-0.3, -0.25) is 4.79 Å². The monoisotopic (exact) mass is 195 g/mol. The molecule has 1 heterocycles. The van der Waals surface area contributed by atoms with Gasteiger partial charge in [0.2, 0.25) is 5.91 Å². The van der Waals surface area contributed by atoms with Gasteiger partial charge in [-0.1, -0.05) is 13.8 Å². The van der Waals surface area contributed by atoms with Crippen molar-refractivity contribution in [3.8, 4) is 0 Å². The van der Waals surface area contributed by atoms with Gasteiger partial charge in [0.25, 0.3) is 0 Å². The van der Waals surface area contributed by atoms with Crippen LogP contribution >= 0.6 is 0 Å². The van der Waals surface area contributed by atoms with Gasteiger partial charge in [0, 0.05) is 12.0 Å². The Morgan fingerprint density at radius 1 is 1.29 bits per heavy atom. The van der Waals surface area contributed by atoms with Crippen LogP contribution in [-0.4, -0.2) is 11.4 Å². The molecule has 0 aromatic rings. The largest absolute Gasteiger partial charge is 0.351 e. The highest BCUT2D eigenvalue weighted by Crippen LogP contribution is 2.40. The highest BCUT2D eigenvalue weighted by molar-refractivity contribution is 5.79. The van der Waals surface area contributed by atoms with Gasteiger partial charge in [-0.25, -0.2) is 0 Å². The van der Waals surface area contributed by atoms with Crippen LogP contribution in [0.2, 0.25) is 0 Å². The third-order valence-corrected chi connectivity index (χ3v) is 4.17. The molecule has 2 rings (SSSR count). The first-order valence-corrected chi connectivity index (χ1v) is 5.92. The predicted octanol–water partition coefficient (Wildman–Crippen LogP) is 2.48. The van der Waals surface area contributed by atoms with E-state index in [1.165, 1.54) is 25.7 Å². The van der Waals surface area contributed by atoms with Crippen molar-refractivity contribution in [3.05, 3.63) is 0 Å². The summed E-state index contributed by atoms with van der Waals surface area (Å²) in [6.45, 7) is 4.63. The summed E-state index contributed by atoms with van der Waals surface area (Å²) in [6.07, 6.45) is 6.86. The number of rotatable bonds is 1. The van der Waals surface area contributed by atoms with Gasteiger partial charge in [-0.15, -0.1) is 0 Å². The van der Waals surface area contributed by atoms with E-state index in [1.807, 2.05) is 0 Å². The van der Waals surface area contributed by atoms with Crippen LogP contribution in [0, 0.1) is 11.8 Å². The highest BCUT2D eigenvalue weighted by Gasteiger charge is 2.40. The maximum atomic E-state index is 11.2. The molecule has 2 nitrogen and oxygen atoms in total. The number of amides is 1. The number of carbonyl (C=O) groups is 1. The molecule has 1 saturated carbocycles. The molecule has 0 aromatic carbocycles. The molecule has 2 aliphatic rings. The quantitative estimate of drug-likeness (QED) is 0.684. The smallest absolute Gasteiger partial charge is 0.220 e. The average Bonchev–Trinajstić information content (AvgIpc) is 2.48. The Morgan fingerprint density at radius 2 is 1.93 bits per heavy atom. The predicted molar refractivity (Wildman–Crippen MR) is 56.9 cm³/mol. The molecule has 1 saturated heterocycles. The summed E-state index contributed by atoms with van der Waals surface area (Å²) in [7, 11) is 0. The molecule has 0 bridgehead atoms. The van der Waals surface area contributed by atoms with Crippen molar-refractivity contribution < 1.29 is 4.79 Å². The minimum absolute atomic E-state index is 0.211. The van der Waals surface area contributed by atoms with Crippen molar-refractivity contribution in [2.75, 3.05) is 0 Å². The van der Waals surface area contributed by atoms with Gasteiger partial charge in [0.1, 0.15) is 0 Å². The van der Waals surface area contributed by atoms with Crippen LogP contribution in [0.25, 0.3) is 0 Å². The lowest BCUT2D eigenvalue weighted by atomic mass is 9.72. The molecular formula is C12H21NO. The lowest BCUT2D eigenvalue weighted by Crippen LogP contribution is -2.44. The maximum Gasteiger partial charge on any atom is 0.220 e. The Bertz CT molecular complexity index is 226. The minimum atomic E-state index is 0.211. The van der Waals surface area contributed by atoms with Gasteiger partial charge < -0.3 is 5.32 Å². The van der Waals surface area contributed by atoms with Crippen molar-refractivity contribution in [3.63, 3.8) is 0 Å². The van der Waals surface area contributed by atoms with E-state index in [-0.39, 0.29) is 11.4 Å². The molecule has 0 unspecified atom stereocenters. The molecule has 1 N–H and O–H groups in total. The first-order valence-electron chi connectivity index (χ1n) is 5.92. The van der Waals surface area contributed by atoms with Crippen molar-refractivity contribution in [1.82, 2.24) is 5.32 Å². The SMILES string of the molecule is CC(C)C1CCC2(CCC(=O)N2)CC1. The highest BCUT2D eigenvalue weighted by atomic mass is 16.2. The van der Waals surface area contributed by atoms with Crippen LogP contribution < -0.4 is 5.32 Å². The summed E-state index contributed by atoms with van der Waals surface area (Å²) in [6, 6.07) is 0. The molecule has 1 aliphatic heterocycles. The van der Waals surface area contributed by atoms with Gasteiger partial charge in [-0.2, -0.15) is 0 Å². The Morgan fingerprint density at radius 3 is 2.36 bits per heavy atom. The van der Waals surface area contributed by atoms with Crippen molar-refractivity contribution in [2.24, 2.45) is 11.8 Å². The van der Waals surface area contributed by atoms with Crippen molar-refractivity contribution in [2.45, 2.75) is 57.9 Å². The second-order valence-corrected chi connectivity index (χ2v) is 5.41. The minimum Gasteiger partial charge on any atom is -0.351 e. The first kappa shape index (κ1) is 10.0. The third-order valence-electron chi connectivity index (χ3n) is 4.17. The molecular weight excluding hydrogens is 174 g/mol. The Labute approximate surface area is 86.5 Å². The van der Waals surface area contributed by atoms with Crippen molar-refractivity contribution in [1.29, 1.82) is 0 Å². The van der Waals surface area contributed by atoms with Crippen LogP contribution in [0.4, 0.5) is 0 Å². The lowest BCUT2D eigenvalue weighted by Gasteiger charge is -2.38. The van der Waals surface area contributed by atoms with Crippen LogP contribution in [0.3, 0.4) is 0 Å². The van der Waals surface area contributed by atoms with Gasteiger partial charge >= 0.3 is 0 Å². The zero-order valence-corrected chi connectivity index (χ0v) is 9.31. The summed E-state index contributed by atoms with van der Waals surface area (Å²) < 4.78 is 0. The summed E-state index contributed by atoms with van der Waals surface area (Å²) >= 11 is 0. The van der Waals surface area contributed by atoms with Gasteiger partial charge in [0.15, 0.2) is 0 Å². The standard InChI is InChI=1S/C12H21NO/c1-9(2)10-3-6-12(7-4-10)8-5-11(14)13-12/h9-10H,3-8H2,1-2H3,(H,13,14). The normalized spacial score (nSPS) is 37.9. The van der Waals surface area contributed by atoms with E-state index in [0.29, 0.717) is 0 Å². The fourth-order valence-electron chi connectivity index (χ4n) is 3.01. The number of hydrogen-bond donors (Lipinski definition) is 1. The molecule has 0 atom stereocenters. The lowest BCUT2D eigenvalue weighted by molar-refractivity contribution is -0.120. The fourth-order valence-corrected chi connectivity index (χ4v) is 3.01. The zero-order chi connectivity index (χ0) is 10.2. The Balaban J connectivity index is 1.92. The van der Waals surface area contributed by atoms with Crippen LogP contribution in [0.15, 0.2) is 0 Å². The van der Waals surface area contributed by atoms with E-state index in [1.54, 1.807) is 0 Å². The molecule has 1 amide bonds. The number of hydrogen-bond acceptors (Lipinski definition) is 1. The Kier molecular flexibility index (Phi) is 2.54. The number of nitrogens with one attached hydrogen (secondary N) is 1. The molecule has 0 radical (unpaired) electrons. The average molecular weight is 195 g/mol. The first-order chi connectivity index (χ1) is 6.61. The molecule has 2 fully saturated rings. The van der Waals surface area contributed by atoms with E-state index in [9.17, 15) is 4.79 Å². The summed E-state index contributed by atoms with van der Waals surface area (Å²) in [5.41, 5.74) is 0.211. The molecule has 1 aliphatic carbocycles. The topological polar surface area (TPSA) is 29.1 Å². The van der Waals surface area contributed by atoms with E-state index in [4.69, 9.17) is 0 Å². The second kappa shape index (κ2) is 3.56. The molecule has 2 heteroatoms. The van der Waals surface area contributed by atoms with Crippen LogP contribution in [0.5, 0.6) is 0 Å². The zero-order valence-electron chi connectivity index (χ0n) is 9.31. The van der Waals surface area contributed by atoms with Crippen LogP contribution in [-0.2, 0) is 4.79 Å². The van der Waals surface area contributed by atoms with E-state index >= 15 is 0 Å². The van der Waals surface area contributed by atoms with E-state index in [0.717, 1.165) is 24.7 Å². The van der Waals surface area contributed by atoms with Gasteiger partial charge in [-0.05, 0) is 43.9 Å².